The Morgan fingerprint density at radius 1 is 1.17 bits per heavy atom. The molecule has 0 atom stereocenters. The van der Waals surface area contributed by atoms with E-state index in [9.17, 15) is 9.59 Å². The van der Waals surface area contributed by atoms with Crippen LogP contribution in [0.15, 0.2) is 40.7 Å². The van der Waals surface area contributed by atoms with Crippen molar-refractivity contribution in [3.8, 4) is 0 Å². The second-order valence-corrected chi connectivity index (χ2v) is 9.15. The molecule has 0 spiro atoms. The quantitative estimate of drug-likeness (QED) is 0.512. The highest BCUT2D eigenvalue weighted by Gasteiger charge is 2.26. The molecule has 2 aliphatic carbocycles. The van der Waals surface area contributed by atoms with Gasteiger partial charge in [-0.05, 0) is 88.1 Å². The van der Waals surface area contributed by atoms with Gasteiger partial charge in [0.15, 0.2) is 4.77 Å². The average molecular weight is 426 g/mol. The lowest BCUT2D eigenvalue weighted by molar-refractivity contribution is -0.126. The van der Waals surface area contributed by atoms with Gasteiger partial charge in [0.05, 0.1) is 10.9 Å². The highest BCUT2D eigenvalue weighted by molar-refractivity contribution is 7.71. The number of aromatic nitrogens is 2. The van der Waals surface area contributed by atoms with Crippen LogP contribution < -0.4 is 10.9 Å². The Morgan fingerprint density at radius 3 is 2.73 bits per heavy atom. The van der Waals surface area contributed by atoms with E-state index in [-0.39, 0.29) is 17.4 Å². The summed E-state index contributed by atoms with van der Waals surface area (Å²) in [4.78, 5) is 28.6. The molecule has 1 amide bonds. The summed E-state index contributed by atoms with van der Waals surface area (Å²) in [6.07, 6.45) is 12.0. The first-order valence-electron chi connectivity index (χ1n) is 11.3. The van der Waals surface area contributed by atoms with Crippen LogP contribution in [0, 0.1) is 16.6 Å². The normalized spacial score (nSPS) is 21.9. The lowest BCUT2D eigenvalue weighted by Gasteiger charge is -2.28. The molecule has 1 fully saturated rings. The minimum Gasteiger partial charge on any atom is -0.356 e. The molecule has 160 valence electrons. The molecule has 0 saturated heterocycles. The summed E-state index contributed by atoms with van der Waals surface area (Å²) in [5.74, 6) is 0.685. The molecule has 6 heteroatoms. The summed E-state index contributed by atoms with van der Waals surface area (Å²) in [7, 11) is 0. The van der Waals surface area contributed by atoms with E-state index in [4.69, 9.17) is 12.2 Å². The smallest absolute Gasteiger partial charge is 0.262 e. The number of fused-ring (bicyclic) bond motifs is 1. The van der Waals surface area contributed by atoms with Gasteiger partial charge >= 0.3 is 0 Å². The highest BCUT2D eigenvalue weighted by Crippen LogP contribution is 2.30. The van der Waals surface area contributed by atoms with Crippen molar-refractivity contribution in [1.82, 2.24) is 14.9 Å². The molecule has 2 aliphatic rings. The summed E-state index contributed by atoms with van der Waals surface area (Å²) >= 11 is 5.44. The largest absolute Gasteiger partial charge is 0.356 e. The number of carbonyl (C=O) groups is 1. The number of para-hydroxylation sites is 1. The minimum atomic E-state index is -0.0220. The first-order chi connectivity index (χ1) is 14.6. The Balaban J connectivity index is 1.29. The van der Waals surface area contributed by atoms with Crippen LogP contribution in [0.4, 0.5) is 0 Å². The third-order valence-corrected chi connectivity index (χ3v) is 7.00. The second kappa shape index (κ2) is 9.73. The summed E-state index contributed by atoms with van der Waals surface area (Å²) < 4.78 is 2.18. The molecule has 4 rings (SSSR count). The SMILES string of the molecule is O=C(NCCC1=CCCCC1)C1CCC(Cn2c(=S)[nH]c3ccccc3c2=O)CC1. The van der Waals surface area contributed by atoms with Gasteiger partial charge in [0.1, 0.15) is 0 Å². The van der Waals surface area contributed by atoms with E-state index in [1.54, 1.807) is 4.57 Å². The van der Waals surface area contributed by atoms with Crippen LogP contribution in [0.2, 0.25) is 0 Å². The van der Waals surface area contributed by atoms with Gasteiger partial charge in [-0.1, -0.05) is 23.8 Å². The molecule has 30 heavy (non-hydrogen) atoms. The van der Waals surface area contributed by atoms with Crippen molar-refractivity contribution in [2.75, 3.05) is 6.54 Å². The Morgan fingerprint density at radius 2 is 1.97 bits per heavy atom. The van der Waals surface area contributed by atoms with Gasteiger partial charge < -0.3 is 10.3 Å². The van der Waals surface area contributed by atoms with Crippen LogP contribution in [0.1, 0.15) is 57.8 Å². The van der Waals surface area contributed by atoms with Crippen molar-refractivity contribution >= 4 is 29.0 Å². The maximum atomic E-state index is 12.9. The lowest BCUT2D eigenvalue weighted by atomic mass is 9.81. The number of nitrogens with zero attached hydrogens (tertiary/aromatic N) is 1. The van der Waals surface area contributed by atoms with Gasteiger partial charge in [0, 0.05) is 19.0 Å². The van der Waals surface area contributed by atoms with E-state index in [2.05, 4.69) is 16.4 Å². The number of rotatable bonds is 6. The third kappa shape index (κ3) is 4.91. The number of benzene rings is 1. The minimum absolute atomic E-state index is 0.0220. The van der Waals surface area contributed by atoms with Crippen LogP contribution in [0.5, 0.6) is 0 Å². The monoisotopic (exact) mass is 425 g/mol. The zero-order chi connectivity index (χ0) is 20.9. The molecule has 1 aromatic carbocycles. The Kier molecular flexibility index (Phi) is 6.82. The maximum absolute atomic E-state index is 12.9. The lowest BCUT2D eigenvalue weighted by Crippen LogP contribution is -2.35. The first kappa shape index (κ1) is 21.0. The van der Waals surface area contributed by atoms with Crippen LogP contribution in [-0.4, -0.2) is 22.0 Å². The molecular weight excluding hydrogens is 394 g/mol. The van der Waals surface area contributed by atoms with E-state index in [0.29, 0.717) is 22.6 Å². The van der Waals surface area contributed by atoms with Crippen LogP contribution in [0.3, 0.4) is 0 Å². The van der Waals surface area contributed by atoms with Gasteiger partial charge in [-0.15, -0.1) is 0 Å². The fraction of sp³-hybridized carbons (Fsp3) is 0.542. The van der Waals surface area contributed by atoms with Crippen molar-refractivity contribution in [3.05, 3.63) is 51.0 Å². The van der Waals surface area contributed by atoms with E-state index in [1.807, 2.05) is 24.3 Å². The van der Waals surface area contributed by atoms with Gasteiger partial charge in [-0.25, -0.2) is 0 Å². The molecule has 5 nitrogen and oxygen atoms in total. The van der Waals surface area contributed by atoms with Crippen LogP contribution >= 0.6 is 12.2 Å². The second-order valence-electron chi connectivity index (χ2n) is 8.76. The van der Waals surface area contributed by atoms with Crippen molar-refractivity contribution in [3.63, 3.8) is 0 Å². The fourth-order valence-corrected chi connectivity index (χ4v) is 5.12. The molecule has 0 radical (unpaired) electrons. The average Bonchev–Trinajstić information content (AvgIpc) is 2.78. The first-order valence-corrected chi connectivity index (χ1v) is 11.7. The number of hydrogen-bond acceptors (Lipinski definition) is 3. The number of carbonyl (C=O) groups excluding carboxylic acids is 1. The maximum Gasteiger partial charge on any atom is 0.262 e. The standard InChI is InChI=1S/C24H31N3O2S/c28-22(25-15-14-17-6-2-1-3-7-17)19-12-10-18(11-13-19)16-27-23(29)20-8-4-5-9-21(20)26-24(27)30/h4-6,8-9,18-19H,1-3,7,10-16H2,(H,25,28)(H,26,30). The number of nitrogens with one attached hydrogen (secondary N) is 2. The van der Waals surface area contributed by atoms with Crippen molar-refractivity contribution < 1.29 is 4.79 Å². The van der Waals surface area contributed by atoms with Gasteiger partial charge in [0.2, 0.25) is 5.91 Å². The highest BCUT2D eigenvalue weighted by atomic mass is 32.1. The van der Waals surface area contributed by atoms with Gasteiger partial charge in [-0.3, -0.25) is 14.2 Å². The zero-order valence-electron chi connectivity index (χ0n) is 17.5. The Bertz CT molecular complexity index is 1040. The molecule has 1 heterocycles. The van der Waals surface area contributed by atoms with Crippen molar-refractivity contribution in [1.29, 1.82) is 0 Å². The molecule has 0 bridgehead atoms. The summed E-state index contributed by atoms with van der Waals surface area (Å²) in [6.45, 7) is 1.38. The fourth-order valence-electron chi connectivity index (χ4n) is 4.85. The Labute approximate surface area is 182 Å². The number of H-pyrrole nitrogens is 1. The van der Waals surface area contributed by atoms with Crippen LogP contribution in [-0.2, 0) is 11.3 Å². The molecule has 0 aliphatic heterocycles. The molecule has 0 unspecified atom stereocenters. The molecule has 1 aromatic heterocycles. The van der Waals surface area contributed by atoms with Crippen molar-refractivity contribution in [2.24, 2.45) is 11.8 Å². The number of amides is 1. The molecule has 2 N–H and O–H groups in total. The number of aromatic amines is 1. The van der Waals surface area contributed by atoms with E-state index >= 15 is 0 Å². The van der Waals surface area contributed by atoms with Gasteiger partial charge in [-0.2, -0.15) is 0 Å². The topological polar surface area (TPSA) is 66.9 Å². The van der Waals surface area contributed by atoms with Crippen LogP contribution in [0.25, 0.3) is 10.9 Å². The summed E-state index contributed by atoms with van der Waals surface area (Å²) in [6, 6.07) is 7.49. The summed E-state index contributed by atoms with van der Waals surface area (Å²) in [5.41, 5.74) is 2.27. The van der Waals surface area contributed by atoms with E-state index in [0.717, 1.165) is 44.2 Å². The predicted molar refractivity (Wildman–Crippen MR) is 123 cm³/mol. The molecule has 2 aromatic rings. The molecule has 1 saturated carbocycles. The summed E-state index contributed by atoms with van der Waals surface area (Å²) in [5, 5.41) is 3.82. The third-order valence-electron chi connectivity index (χ3n) is 6.68. The van der Waals surface area contributed by atoms with E-state index in [1.165, 1.54) is 31.3 Å². The zero-order valence-corrected chi connectivity index (χ0v) is 18.3. The number of hydrogen-bond donors (Lipinski definition) is 2. The Hall–Kier alpha value is -2.21. The predicted octanol–water partition coefficient (Wildman–Crippen LogP) is 4.87. The van der Waals surface area contributed by atoms with Crippen molar-refractivity contribution in [2.45, 2.75) is 64.3 Å². The molecular formula is C24H31N3O2S. The number of allylic oxidation sites excluding steroid dienone is 1. The van der Waals surface area contributed by atoms with E-state index < -0.39 is 0 Å². The van der Waals surface area contributed by atoms with Gasteiger partial charge in [0.25, 0.3) is 5.56 Å².